The molecule has 28 heavy (non-hydrogen) atoms. The van der Waals surface area contributed by atoms with Crippen LogP contribution in [0, 0.1) is 26.7 Å². The van der Waals surface area contributed by atoms with Gasteiger partial charge in [-0.25, -0.2) is 14.6 Å². The van der Waals surface area contributed by atoms with E-state index in [1.54, 1.807) is 4.68 Å². The molecule has 1 unspecified atom stereocenters. The third kappa shape index (κ3) is 3.40. The fraction of sp³-hybridized carbons (Fsp3) is 0.333. The van der Waals surface area contributed by atoms with Crippen molar-refractivity contribution >= 4 is 28.9 Å². The van der Waals surface area contributed by atoms with E-state index in [9.17, 15) is 4.79 Å². The molecule has 0 saturated heterocycles. The van der Waals surface area contributed by atoms with Gasteiger partial charge in [-0.05, 0) is 56.9 Å². The SMILES string of the molecule is Cc1ccc(Nc2nn(-c3nc(C)cc(C)n3)c3c2C(=O)CC(C)C3)c(Cl)c1. The van der Waals surface area contributed by atoms with Crippen molar-refractivity contribution in [1.82, 2.24) is 19.7 Å². The van der Waals surface area contributed by atoms with Crippen LogP contribution >= 0.6 is 11.6 Å². The lowest BCUT2D eigenvalue weighted by atomic mass is 9.88. The average Bonchev–Trinajstić information content (AvgIpc) is 2.95. The molecular weight excluding hydrogens is 374 g/mol. The Bertz CT molecular complexity index is 1070. The van der Waals surface area contributed by atoms with Crippen molar-refractivity contribution in [2.75, 3.05) is 5.32 Å². The number of halogens is 1. The summed E-state index contributed by atoms with van der Waals surface area (Å²) in [7, 11) is 0. The highest BCUT2D eigenvalue weighted by molar-refractivity contribution is 6.33. The first-order valence-corrected chi connectivity index (χ1v) is 9.70. The van der Waals surface area contributed by atoms with Gasteiger partial charge in [0.15, 0.2) is 11.6 Å². The van der Waals surface area contributed by atoms with E-state index in [2.05, 4.69) is 27.3 Å². The number of fused-ring (bicyclic) bond motifs is 1. The zero-order valence-electron chi connectivity index (χ0n) is 16.4. The summed E-state index contributed by atoms with van der Waals surface area (Å²) >= 11 is 6.38. The van der Waals surface area contributed by atoms with Crippen LogP contribution in [0.2, 0.25) is 5.02 Å². The fourth-order valence-electron chi connectivity index (χ4n) is 3.66. The number of carbonyl (C=O) groups excluding carboxylic acids is 1. The highest BCUT2D eigenvalue weighted by atomic mass is 35.5. The second kappa shape index (κ2) is 7.02. The molecule has 1 aromatic carbocycles. The number of aryl methyl sites for hydroxylation is 3. The van der Waals surface area contributed by atoms with Crippen LogP contribution in [0.3, 0.4) is 0 Å². The predicted octanol–water partition coefficient (Wildman–Crippen LogP) is 4.75. The smallest absolute Gasteiger partial charge is 0.251 e. The Morgan fingerprint density at radius 3 is 2.50 bits per heavy atom. The van der Waals surface area contributed by atoms with Crippen molar-refractivity contribution in [3.8, 4) is 5.95 Å². The monoisotopic (exact) mass is 395 g/mol. The first-order chi connectivity index (χ1) is 13.3. The molecule has 2 aromatic heterocycles. The van der Waals surface area contributed by atoms with Crippen LogP contribution in [0.15, 0.2) is 24.3 Å². The molecule has 1 aliphatic carbocycles. The third-order valence-electron chi connectivity index (χ3n) is 4.87. The molecule has 3 aromatic rings. The number of hydrogen-bond donors (Lipinski definition) is 1. The molecule has 1 N–H and O–H groups in total. The summed E-state index contributed by atoms with van der Waals surface area (Å²) in [5.74, 6) is 1.31. The van der Waals surface area contributed by atoms with Crippen LogP contribution in [-0.2, 0) is 6.42 Å². The lowest BCUT2D eigenvalue weighted by Crippen LogP contribution is -2.20. The molecule has 1 aliphatic rings. The quantitative estimate of drug-likeness (QED) is 0.692. The first-order valence-electron chi connectivity index (χ1n) is 9.32. The number of benzene rings is 1. The molecule has 4 rings (SSSR count). The summed E-state index contributed by atoms with van der Waals surface area (Å²) in [5, 5.41) is 8.53. The Morgan fingerprint density at radius 1 is 1.11 bits per heavy atom. The van der Waals surface area contributed by atoms with E-state index in [0.29, 0.717) is 34.5 Å². The predicted molar refractivity (Wildman–Crippen MR) is 110 cm³/mol. The van der Waals surface area contributed by atoms with Gasteiger partial charge in [0, 0.05) is 17.8 Å². The lowest BCUT2D eigenvalue weighted by molar-refractivity contribution is 0.0953. The van der Waals surface area contributed by atoms with Gasteiger partial charge in [-0.2, -0.15) is 0 Å². The summed E-state index contributed by atoms with van der Waals surface area (Å²) in [4.78, 5) is 21.9. The van der Waals surface area contributed by atoms with Crippen LogP contribution in [0.5, 0.6) is 0 Å². The maximum atomic E-state index is 12.9. The van der Waals surface area contributed by atoms with Crippen molar-refractivity contribution in [3.05, 3.63) is 57.5 Å². The second-order valence-electron chi connectivity index (χ2n) is 7.58. The van der Waals surface area contributed by atoms with Gasteiger partial charge < -0.3 is 5.32 Å². The molecule has 7 heteroatoms. The summed E-state index contributed by atoms with van der Waals surface area (Å²) in [5.41, 5.74) is 4.96. The number of anilines is 2. The van der Waals surface area contributed by atoms with E-state index < -0.39 is 0 Å². The van der Waals surface area contributed by atoms with Crippen molar-refractivity contribution in [3.63, 3.8) is 0 Å². The Labute approximate surface area is 169 Å². The van der Waals surface area contributed by atoms with Gasteiger partial charge in [-0.15, -0.1) is 5.10 Å². The molecule has 144 valence electrons. The highest BCUT2D eigenvalue weighted by Gasteiger charge is 2.32. The number of hydrogen-bond acceptors (Lipinski definition) is 5. The van der Waals surface area contributed by atoms with E-state index >= 15 is 0 Å². The summed E-state index contributed by atoms with van der Waals surface area (Å²) in [6, 6.07) is 7.66. The van der Waals surface area contributed by atoms with Gasteiger partial charge in [0.05, 0.1) is 22.0 Å². The van der Waals surface area contributed by atoms with Gasteiger partial charge in [0.25, 0.3) is 5.95 Å². The van der Waals surface area contributed by atoms with Crippen molar-refractivity contribution in [2.24, 2.45) is 5.92 Å². The van der Waals surface area contributed by atoms with Crippen LogP contribution in [0.25, 0.3) is 5.95 Å². The van der Waals surface area contributed by atoms with E-state index in [-0.39, 0.29) is 11.7 Å². The Morgan fingerprint density at radius 2 is 1.82 bits per heavy atom. The zero-order valence-corrected chi connectivity index (χ0v) is 17.1. The van der Waals surface area contributed by atoms with Gasteiger partial charge >= 0.3 is 0 Å². The maximum Gasteiger partial charge on any atom is 0.251 e. The normalized spacial score (nSPS) is 16.2. The van der Waals surface area contributed by atoms with Crippen molar-refractivity contribution in [1.29, 1.82) is 0 Å². The number of nitrogens with zero attached hydrogens (tertiary/aromatic N) is 4. The van der Waals surface area contributed by atoms with Gasteiger partial charge in [-0.3, -0.25) is 4.79 Å². The lowest BCUT2D eigenvalue weighted by Gasteiger charge is -2.19. The molecule has 0 aliphatic heterocycles. The number of ketones is 1. The second-order valence-corrected chi connectivity index (χ2v) is 7.98. The number of nitrogens with one attached hydrogen (secondary N) is 1. The molecule has 0 fully saturated rings. The molecular formula is C21H22ClN5O. The Hall–Kier alpha value is -2.73. The fourth-order valence-corrected chi connectivity index (χ4v) is 3.94. The molecule has 2 heterocycles. The topological polar surface area (TPSA) is 72.7 Å². The maximum absolute atomic E-state index is 12.9. The number of carbonyl (C=O) groups is 1. The van der Waals surface area contributed by atoms with E-state index in [1.165, 1.54) is 0 Å². The Kier molecular flexibility index (Phi) is 4.67. The van der Waals surface area contributed by atoms with Crippen LogP contribution in [0.1, 0.15) is 46.3 Å². The standard InChI is InChI=1S/C21H22ClN5O/c1-11-5-6-16(15(22)7-11)25-20-19-17(8-12(2)9-18(19)28)27(26-20)21-23-13(3)10-14(4)24-21/h5-7,10,12H,8-9H2,1-4H3,(H,25,26). The molecule has 0 spiro atoms. The first kappa shape index (κ1) is 18.6. The molecule has 0 saturated carbocycles. The molecule has 0 bridgehead atoms. The van der Waals surface area contributed by atoms with E-state index in [1.807, 2.05) is 45.0 Å². The van der Waals surface area contributed by atoms with Gasteiger partial charge in [0.1, 0.15) is 0 Å². The Balaban J connectivity index is 1.86. The van der Waals surface area contributed by atoms with Gasteiger partial charge in [0.2, 0.25) is 0 Å². The van der Waals surface area contributed by atoms with Crippen LogP contribution < -0.4 is 5.32 Å². The van der Waals surface area contributed by atoms with Crippen LogP contribution in [-0.4, -0.2) is 25.5 Å². The summed E-state index contributed by atoms with van der Waals surface area (Å²) in [6.45, 7) is 7.90. The van der Waals surface area contributed by atoms with Gasteiger partial charge in [-0.1, -0.05) is 24.6 Å². The minimum atomic E-state index is 0.0788. The third-order valence-corrected chi connectivity index (χ3v) is 5.19. The highest BCUT2D eigenvalue weighted by Crippen LogP contribution is 2.35. The number of Topliss-reactive ketones (excluding diaryl/α,β-unsaturated/α-hetero) is 1. The summed E-state index contributed by atoms with van der Waals surface area (Å²) < 4.78 is 1.70. The van der Waals surface area contributed by atoms with Crippen LogP contribution in [0.4, 0.5) is 11.5 Å². The molecule has 6 nitrogen and oxygen atoms in total. The molecule has 0 amide bonds. The van der Waals surface area contributed by atoms with Crippen molar-refractivity contribution < 1.29 is 4.79 Å². The minimum absolute atomic E-state index is 0.0788. The largest absolute Gasteiger partial charge is 0.337 e. The number of rotatable bonds is 3. The molecule has 0 radical (unpaired) electrons. The average molecular weight is 396 g/mol. The molecule has 1 atom stereocenters. The number of aromatic nitrogens is 4. The summed E-state index contributed by atoms with van der Waals surface area (Å²) in [6.07, 6.45) is 1.25. The van der Waals surface area contributed by atoms with E-state index in [0.717, 1.165) is 29.1 Å². The van der Waals surface area contributed by atoms with E-state index in [4.69, 9.17) is 11.6 Å². The zero-order chi connectivity index (χ0) is 20.0. The van der Waals surface area contributed by atoms with Crippen molar-refractivity contribution in [2.45, 2.75) is 40.5 Å². The minimum Gasteiger partial charge on any atom is -0.337 e.